The van der Waals surface area contributed by atoms with Crippen LogP contribution in [0.2, 0.25) is 10.0 Å². The molecule has 0 saturated heterocycles. The molecule has 2 aromatic rings. The van der Waals surface area contributed by atoms with E-state index >= 15 is 0 Å². The van der Waals surface area contributed by atoms with Gasteiger partial charge in [0, 0.05) is 20.0 Å². The van der Waals surface area contributed by atoms with Crippen molar-refractivity contribution < 1.29 is 9.59 Å². The van der Waals surface area contributed by atoms with Gasteiger partial charge in [-0.25, -0.2) is 0 Å². The Morgan fingerprint density at radius 2 is 1.59 bits per heavy atom. The molecule has 29 heavy (non-hydrogen) atoms. The average Bonchev–Trinajstić information content (AvgIpc) is 2.74. The van der Waals surface area contributed by atoms with Crippen LogP contribution in [0, 0.1) is 0 Å². The van der Waals surface area contributed by atoms with Crippen LogP contribution in [0.1, 0.15) is 43.4 Å². The Hall–Kier alpha value is -2.04. The lowest BCUT2D eigenvalue weighted by Crippen LogP contribution is -2.48. The Kier molecular flexibility index (Phi) is 8.99. The quantitative estimate of drug-likeness (QED) is 0.600. The van der Waals surface area contributed by atoms with Gasteiger partial charge < -0.3 is 10.2 Å². The molecule has 0 radical (unpaired) electrons. The third-order valence-corrected chi connectivity index (χ3v) is 5.77. The van der Waals surface area contributed by atoms with E-state index < -0.39 is 6.04 Å². The van der Waals surface area contributed by atoms with Crippen LogP contribution in [0.4, 0.5) is 0 Å². The van der Waals surface area contributed by atoms with Crippen molar-refractivity contribution >= 4 is 35.0 Å². The third kappa shape index (κ3) is 6.48. The van der Waals surface area contributed by atoms with Crippen LogP contribution in [-0.2, 0) is 29.0 Å². The number of amides is 2. The van der Waals surface area contributed by atoms with Gasteiger partial charge in [0.1, 0.15) is 6.04 Å². The average molecular weight is 435 g/mol. The molecule has 0 aliphatic rings. The fourth-order valence-electron chi connectivity index (χ4n) is 3.26. The predicted octanol–water partition coefficient (Wildman–Crippen LogP) is 5.04. The maximum absolute atomic E-state index is 13.1. The van der Waals surface area contributed by atoms with Crippen LogP contribution in [0.5, 0.6) is 0 Å². The van der Waals surface area contributed by atoms with Crippen molar-refractivity contribution in [3.8, 4) is 0 Å². The fourth-order valence-corrected chi connectivity index (χ4v) is 3.58. The molecular formula is C23H28Cl2N2O2. The Bertz CT molecular complexity index is 837. The van der Waals surface area contributed by atoms with Gasteiger partial charge in [-0.3, -0.25) is 9.59 Å². The van der Waals surface area contributed by atoms with Gasteiger partial charge in [-0.15, -0.1) is 0 Å². The summed E-state index contributed by atoms with van der Waals surface area (Å²) in [5.74, 6) is -0.237. The van der Waals surface area contributed by atoms with Gasteiger partial charge in [0.05, 0.1) is 10.0 Å². The molecule has 2 aromatic carbocycles. The Balaban J connectivity index is 2.18. The minimum atomic E-state index is -0.538. The molecular weight excluding hydrogens is 407 g/mol. The van der Waals surface area contributed by atoms with E-state index in [1.54, 1.807) is 24.1 Å². The SMILES string of the molecule is CCc1ccc(CCC(=O)N(Cc2ccc(Cl)c(Cl)c2)[C@@H](CC)C(=O)NC)cc1. The predicted molar refractivity (Wildman–Crippen MR) is 119 cm³/mol. The fraction of sp³-hybridized carbons (Fsp3) is 0.391. The van der Waals surface area contributed by atoms with E-state index in [1.165, 1.54) is 5.56 Å². The first-order chi connectivity index (χ1) is 13.9. The molecule has 4 nitrogen and oxygen atoms in total. The van der Waals surface area contributed by atoms with Gasteiger partial charge in [-0.2, -0.15) is 0 Å². The lowest BCUT2D eigenvalue weighted by Gasteiger charge is -2.30. The number of carbonyl (C=O) groups is 2. The van der Waals surface area contributed by atoms with Crippen molar-refractivity contribution in [3.05, 3.63) is 69.2 Å². The van der Waals surface area contributed by atoms with E-state index in [2.05, 4.69) is 36.5 Å². The standard InChI is InChI=1S/C23H28Cl2N2O2/c1-4-16-6-8-17(9-7-16)11-13-22(28)27(21(5-2)23(29)26-3)15-18-10-12-19(24)20(25)14-18/h6-10,12,14,21H,4-5,11,13,15H2,1-3H3,(H,26,29)/t21-/m0/s1. The first-order valence-corrected chi connectivity index (χ1v) is 10.7. The number of carbonyl (C=O) groups excluding carboxylic acids is 2. The normalized spacial score (nSPS) is 11.8. The van der Waals surface area contributed by atoms with Gasteiger partial charge in [0.2, 0.25) is 11.8 Å². The summed E-state index contributed by atoms with van der Waals surface area (Å²) in [5, 5.41) is 3.56. The maximum Gasteiger partial charge on any atom is 0.242 e. The number of aryl methyl sites for hydroxylation is 2. The summed E-state index contributed by atoms with van der Waals surface area (Å²) in [6.45, 7) is 4.32. The molecule has 0 aromatic heterocycles. The molecule has 0 fully saturated rings. The number of nitrogens with zero attached hydrogens (tertiary/aromatic N) is 1. The summed E-state index contributed by atoms with van der Waals surface area (Å²) in [7, 11) is 1.59. The van der Waals surface area contributed by atoms with Gasteiger partial charge in [0.25, 0.3) is 0 Å². The van der Waals surface area contributed by atoms with Crippen molar-refractivity contribution in [1.29, 1.82) is 0 Å². The second kappa shape index (κ2) is 11.2. The molecule has 0 unspecified atom stereocenters. The van der Waals surface area contributed by atoms with Crippen molar-refractivity contribution in [2.75, 3.05) is 7.05 Å². The summed E-state index contributed by atoms with van der Waals surface area (Å²) in [5.41, 5.74) is 3.22. The lowest BCUT2D eigenvalue weighted by atomic mass is 10.0. The number of hydrogen-bond acceptors (Lipinski definition) is 2. The Morgan fingerprint density at radius 3 is 2.14 bits per heavy atom. The monoisotopic (exact) mass is 434 g/mol. The first kappa shape index (κ1) is 23.2. The molecule has 0 spiro atoms. The van der Waals surface area contributed by atoms with E-state index in [0.717, 1.165) is 17.5 Å². The summed E-state index contributed by atoms with van der Waals surface area (Å²) >= 11 is 12.1. The van der Waals surface area contributed by atoms with Crippen molar-refractivity contribution in [2.45, 2.75) is 52.1 Å². The van der Waals surface area contributed by atoms with Crippen molar-refractivity contribution in [2.24, 2.45) is 0 Å². The molecule has 2 rings (SSSR count). The van der Waals surface area contributed by atoms with Crippen LogP contribution >= 0.6 is 23.2 Å². The smallest absolute Gasteiger partial charge is 0.242 e. The minimum absolute atomic E-state index is 0.0638. The van der Waals surface area contributed by atoms with Gasteiger partial charge >= 0.3 is 0 Å². The van der Waals surface area contributed by atoms with E-state index in [4.69, 9.17) is 23.2 Å². The zero-order valence-corrected chi connectivity index (χ0v) is 18.7. The highest BCUT2D eigenvalue weighted by atomic mass is 35.5. The number of rotatable bonds is 9. The zero-order chi connectivity index (χ0) is 21.4. The number of halogens is 2. The highest BCUT2D eigenvalue weighted by Gasteiger charge is 2.27. The highest BCUT2D eigenvalue weighted by Crippen LogP contribution is 2.24. The molecule has 6 heteroatoms. The molecule has 0 saturated carbocycles. The molecule has 0 bridgehead atoms. The van der Waals surface area contributed by atoms with Gasteiger partial charge in [-0.1, -0.05) is 67.4 Å². The lowest BCUT2D eigenvalue weighted by molar-refractivity contribution is -0.141. The van der Waals surface area contributed by atoms with Crippen LogP contribution in [-0.4, -0.2) is 29.8 Å². The van der Waals surface area contributed by atoms with E-state index in [9.17, 15) is 9.59 Å². The first-order valence-electron chi connectivity index (χ1n) is 9.92. The molecule has 2 amide bonds. The van der Waals surface area contributed by atoms with Crippen molar-refractivity contribution in [3.63, 3.8) is 0 Å². The van der Waals surface area contributed by atoms with E-state index in [-0.39, 0.29) is 11.8 Å². The second-order valence-electron chi connectivity index (χ2n) is 6.98. The Morgan fingerprint density at radius 1 is 0.966 bits per heavy atom. The summed E-state index contributed by atoms with van der Waals surface area (Å²) in [6, 6.07) is 13.0. The molecule has 0 aliphatic heterocycles. The summed E-state index contributed by atoms with van der Waals surface area (Å²) < 4.78 is 0. The van der Waals surface area contributed by atoms with Crippen LogP contribution < -0.4 is 5.32 Å². The van der Waals surface area contributed by atoms with Crippen LogP contribution in [0.3, 0.4) is 0 Å². The number of likely N-dealkylation sites (N-methyl/N-ethyl adjacent to an activating group) is 1. The van der Waals surface area contributed by atoms with Gasteiger partial charge in [-0.05, 0) is 48.1 Å². The minimum Gasteiger partial charge on any atom is -0.357 e. The third-order valence-electron chi connectivity index (χ3n) is 5.03. The second-order valence-corrected chi connectivity index (χ2v) is 7.79. The Labute approximate surface area is 183 Å². The molecule has 1 N–H and O–H groups in total. The zero-order valence-electron chi connectivity index (χ0n) is 17.2. The highest BCUT2D eigenvalue weighted by molar-refractivity contribution is 6.42. The number of hydrogen-bond donors (Lipinski definition) is 1. The molecule has 1 atom stereocenters. The molecule has 156 valence electrons. The van der Waals surface area contributed by atoms with Crippen LogP contribution in [0.15, 0.2) is 42.5 Å². The maximum atomic E-state index is 13.1. The van der Waals surface area contributed by atoms with Crippen molar-refractivity contribution in [1.82, 2.24) is 10.2 Å². The largest absolute Gasteiger partial charge is 0.357 e. The summed E-state index contributed by atoms with van der Waals surface area (Å²) in [4.78, 5) is 27.1. The molecule has 0 heterocycles. The van der Waals surface area contributed by atoms with Gasteiger partial charge in [0.15, 0.2) is 0 Å². The summed E-state index contributed by atoms with van der Waals surface area (Å²) in [6.07, 6.45) is 2.48. The molecule has 0 aliphatic carbocycles. The van der Waals surface area contributed by atoms with E-state index in [0.29, 0.717) is 35.9 Å². The van der Waals surface area contributed by atoms with Crippen LogP contribution in [0.25, 0.3) is 0 Å². The number of benzene rings is 2. The van der Waals surface area contributed by atoms with E-state index in [1.807, 2.05) is 13.0 Å². The topological polar surface area (TPSA) is 49.4 Å². The number of nitrogens with one attached hydrogen (secondary N) is 1.